The molecule has 0 aliphatic carbocycles. The summed E-state index contributed by atoms with van der Waals surface area (Å²) in [6.07, 6.45) is 3.01. The van der Waals surface area contributed by atoms with E-state index in [1.807, 2.05) is 50.3 Å². The smallest absolute Gasteiger partial charge is 0.347 e. The number of aliphatic carboxylic acids is 1. The molecule has 168 valence electrons. The number of hydrogen-bond donors (Lipinski definition) is 1. The summed E-state index contributed by atoms with van der Waals surface area (Å²) in [6.45, 7) is 9.47. The normalized spacial score (nSPS) is 11.8. The van der Waals surface area contributed by atoms with E-state index in [9.17, 15) is 4.79 Å². The lowest BCUT2D eigenvalue weighted by atomic mass is 10.1. The summed E-state index contributed by atoms with van der Waals surface area (Å²) in [4.78, 5) is 15.0. The van der Waals surface area contributed by atoms with E-state index in [2.05, 4.69) is 11.9 Å². The number of carbonyl (C=O) groups is 1. The molecule has 0 aromatic heterocycles. The van der Waals surface area contributed by atoms with E-state index in [1.165, 1.54) is 13.8 Å². The van der Waals surface area contributed by atoms with Gasteiger partial charge in [-0.05, 0) is 64.5 Å². The van der Waals surface area contributed by atoms with Crippen molar-refractivity contribution in [1.29, 1.82) is 0 Å². The van der Waals surface area contributed by atoms with Crippen molar-refractivity contribution in [3.63, 3.8) is 0 Å². The van der Waals surface area contributed by atoms with Gasteiger partial charge in [-0.15, -0.1) is 0 Å². The monoisotopic (exact) mass is 427 g/mol. The number of hydrogen-bond acceptors (Lipinski definition) is 5. The van der Waals surface area contributed by atoms with Crippen molar-refractivity contribution >= 4 is 11.9 Å². The van der Waals surface area contributed by atoms with Gasteiger partial charge in [-0.25, -0.2) is 4.79 Å². The summed E-state index contributed by atoms with van der Waals surface area (Å²) in [5.41, 5.74) is -0.242. The molecule has 0 fully saturated rings. The lowest BCUT2D eigenvalue weighted by Gasteiger charge is -2.21. The molecule has 0 bridgehead atoms. The maximum Gasteiger partial charge on any atom is 0.347 e. The third-order valence-electron chi connectivity index (χ3n) is 3.98. The molecule has 0 spiro atoms. The SMILES string of the molecule is CC/C=C(\C)OC(=NC)c1ccccc1.CCOc1cccc(OC(C)(C)C(=O)O)c1. The van der Waals surface area contributed by atoms with Crippen LogP contribution in [0.4, 0.5) is 0 Å². The molecule has 0 saturated heterocycles. The zero-order chi connectivity index (χ0) is 23.3. The minimum Gasteiger partial charge on any atom is -0.494 e. The van der Waals surface area contributed by atoms with Gasteiger partial charge in [0.05, 0.1) is 12.4 Å². The predicted molar refractivity (Wildman–Crippen MR) is 124 cm³/mol. The average Bonchev–Trinajstić information content (AvgIpc) is 2.73. The van der Waals surface area contributed by atoms with Crippen LogP contribution >= 0.6 is 0 Å². The van der Waals surface area contributed by atoms with Crippen LogP contribution in [0, 0.1) is 0 Å². The Balaban J connectivity index is 0.000000311. The van der Waals surface area contributed by atoms with Gasteiger partial charge in [0.25, 0.3) is 0 Å². The highest BCUT2D eigenvalue weighted by Crippen LogP contribution is 2.23. The van der Waals surface area contributed by atoms with Crippen LogP contribution in [-0.4, -0.2) is 36.2 Å². The molecule has 0 unspecified atom stereocenters. The maximum atomic E-state index is 10.9. The summed E-state index contributed by atoms with van der Waals surface area (Å²) >= 11 is 0. The van der Waals surface area contributed by atoms with Crippen molar-refractivity contribution in [3.8, 4) is 11.5 Å². The first-order chi connectivity index (χ1) is 14.7. The number of aliphatic imine (C=N–C) groups is 1. The number of carboxylic acids is 1. The van der Waals surface area contributed by atoms with Crippen LogP contribution in [0.5, 0.6) is 11.5 Å². The molecule has 2 rings (SSSR count). The van der Waals surface area contributed by atoms with Crippen molar-refractivity contribution in [3.05, 3.63) is 72.0 Å². The van der Waals surface area contributed by atoms with Gasteiger partial charge in [0.2, 0.25) is 5.90 Å². The third-order valence-corrected chi connectivity index (χ3v) is 3.98. The molecule has 0 atom stereocenters. The van der Waals surface area contributed by atoms with Gasteiger partial charge in [0.15, 0.2) is 5.60 Å². The van der Waals surface area contributed by atoms with E-state index >= 15 is 0 Å². The molecule has 0 aliphatic heterocycles. The van der Waals surface area contributed by atoms with Crippen molar-refractivity contribution < 1.29 is 24.1 Å². The fraction of sp³-hybridized carbons (Fsp3) is 0.360. The maximum absolute atomic E-state index is 10.9. The Hall–Kier alpha value is -3.28. The van der Waals surface area contributed by atoms with E-state index in [-0.39, 0.29) is 0 Å². The van der Waals surface area contributed by atoms with E-state index in [0.717, 1.165) is 17.7 Å². The molecule has 6 heteroatoms. The Morgan fingerprint density at radius 2 is 1.71 bits per heavy atom. The van der Waals surface area contributed by atoms with Crippen LogP contribution in [0.25, 0.3) is 0 Å². The van der Waals surface area contributed by atoms with Crippen LogP contribution in [0.15, 0.2) is 71.4 Å². The van der Waals surface area contributed by atoms with Crippen molar-refractivity contribution in [2.75, 3.05) is 13.7 Å². The van der Waals surface area contributed by atoms with Crippen molar-refractivity contribution in [2.45, 2.75) is 46.6 Å². The second kappa shape index (κ2) is 13.1. The van der Waals surface area contributed by atoms with E-state index in [0.29, 0.717) is 24.0 Å². The first-order valence-corrected chi connectivity index (χ1v) is 10.3. The van der Waals surface area contributed by atoms with Gasteiger partial charge < -0.3 is 19.3 Å². The lowest BCUT2D eigenvalue weighted by Crippen LogP contribution is -2.37. The number of carboxylic acid groups (broad SMARTS) is 1. The van der Waals surface area contributed by atoms with Gasteiger partial charge in [0, 0.05) is 18.7 Å². The van der Waals surface area contributed by atoms with Crippen LogP contribution in [0.2, 0.25) is 0 Å². The number of nitrogens with zero attached hydrogens (tertiary/aromatic N) is 1. The molecule has 1 N–H and O–H groups in total. The molecular weight excluding hydrogens is 394 g/mol. The van der Waals surface area contributed by atoms with Crippen LogP contribution in [0.3, 0.4) is 0 Å². The molecule has 2 aromatic rings. The predicted octanol–water partition coefficient (Wildman–Crippen LogP) is 5.72. The van der Waals surface area contributed by atoms with Crippen LogP contribution in [-0.2, 0) is 9.53 Å². The molecule has 2 aromatic carbocycles. The Kier molecular flexibility index (Phi) is 10.9. The zero-order valence-electron chi connectivity index (χ0n) is 19.2. The topological polar surface area (TPSA) is 77.3 Å². The van der Waals surface area contributed by atoms with E-state index in [4.69, 9.17) is 19.3 Å². The second-order valence-corrected chi connectivity index (χ2v) is 7.05. The third kappa shape index (κ3) is 9.38. The molecule has 31 heavy (non-hydrogen) atoms. The number of allylic oxidation sites excluding steroid dienone is 2. The quantitative estimate of drug-likeness (QED) is 0.331. The molecule has 0 amide bonds. The summed E-state index contributed by atoms with van der Waals surface area (Å²) in [5, 5.41) is 8.92. The molecular formula is C25H33NO5. The van der Waals surface area contributed by atoms with Crippen molar-refractivity contribution in [2.24, 2.45) is 4.99 Å². The second-order valence-electron chi connectivity index (χ2n) is 7.05. The zero-order valence-corrected chi connectivity index (χ0v) is 19.2. The van der Waals surface area contributed by atoms with E-state index in [1.54, 1.807) is 31.3 Å². The highest BCUT2D eigenvalue weighted by Gasteiger charge is 2.29. The van der Waals surface area contributed by atoms with Crippen LogP contribution < -0.4 is 9.47 Å². The fourth-order valence-electron chi connectivity index (χ4n) is 2.43. The molecule has 0 radical (unpaired) electrons. The molecule has 6 nitrogen and oxygen atoms in total. The molecule has 0 aliphatic rings. The first kappa shape index (κ1) is 25.8. The summed E-state index contributed by atoms with van der Waals surface area (Å²) in [7, 11) is 1.74. The first-order valence-electron chi connectivity index (χ1n) is 10.3. The highest BCUT2D eigenvalue weighted by molar-refractivity contribution is 5.94. The minimum absolute atomic E-state index is 0.485. The Morgan fingerprint density at radius 1 is 1.06 bits per heavy atom. The Labute approximate surface area is 185 Å². The largest absolute Gasteiger partial charge is 0.494 e. The van der Waals surface area contributed by atoms with E-state index < -0.39 is 11.6 Å². The fourth-order valence-corrected chi connectivity index (χ4v) is 2.43. The molecule has 0 heterocycles. The standard InChI is InChI=1S/C13H17NO.C12H16O4/c1-4-8-11(2)15-13(14-3)12-9-6-5-7-10-12;1-4-15-9-6-5-7-10(8-9)16-12(2,3)11(13)14/h5-10H,4H2,1-3H3;5-8H,4H2,1-3H3,(H,13,14)/b11-8+,14-13?;. The van der Waals surface area contributed by atoms with Gasteiger partial charge in [-0.3, -0.25) is 4.99 Å². The minimum atomic E-state index is -1.25. The summed E-state index contributed by atoms with van der Waals surface area (Å²) in [6, 6.07) is 16.8. The van der Waals surface area contributed by atoms with Crippen molar-refractivity contribution in [1.82, 2.24) is 0 Å². The number of rotatable bonds is 8. The van der Waals surface area contributed by atoms with Gasteiger partial charge in [-0.2, -0.15) is 0 Å². The summed E-state index contributed by atoms with van der Waals surface area (Å²) < 4.78 is 16.3. The number of ether oxygens (including phenoxy) is 3. The Morgan fingerprint density at radius 3 is 2.26 bits per heavy atom. The molecule has 0 saturated carbocycles. The van der Waals surface area contributed by atoms with Crippen LogP contribution in [0.1, 0.15) is 46.6 Å². The summed E-state index contributed by atoms with van der Waals surface area (Å²) in [5.74, 6) is 1.70. The van der Waals surface area contributed by atoms with Gasteiger partial charge >= 0.3 is 5.97 Å². The average molecular weight is 428 g/mol. The van der Waals surface area contributed by atoms with Gasteiger partial charge in [-0.1, -0.05) is 31.2 Å². The Bertz CT molecular complexity index is 872. The number of benzene rings is 2. The van der Waals surface area contributed by atoms with Gasteiger partial charge in [0.1, 0.15) is 11.5 Å². The lowest BCUT2D eigenvalue weighted by molar-refractivity contribution is -0.152. The highest BCUT2D eigenvalue weighted by atomic mass is 16.5.